The molecular weight excluding hydrogens is 542 g/mol. The third-order valence-corrected chi connectivity index (χ3v) is 8.34. The van der Waals surface area contributed by atoms with Crippen molar-refractivity contribution in [3.63, 3.8) is 0 Å². The summed E-state index contributed by atoms with van der Waals surface area (Å²) < 4.78 is 0.966. The zero-order valence-corrected chi connectivity index (χ0v) is 23.4. The van der Waals surface area contributed by atoms with Gasteiger partial charge < -0.3 is 15.1 Å². The first-order valence-electron chi connectivity index (χ1n) is 13.6. The van der Waals surface area contributed by atoms with Crippen molar-refractivity contribution in [2.75, 3.05) is 11.4 Å². The second-order valence-corrected chi connectivity index (χ2v) is 11.3. The van der Waals surface area contributed by atoms with Gasteiger partial charge in [-0.3, -0.25) is 14.4 Å². The van der Waals surface area contributed by atoms with Crippen molar-refractivity contribution in [3.05, 3.63) is 76.3 Å². The van der Waals surface area contributed by atoms with Crippen LogP contribution in [0.15, 0.2) is 65.1 Å². The van der Waals surface area contributed by atoms with Crippen molar-refractivity contribution in [2.45, 2.75) is 70.5 Å². The predicted molar refractivity (Wildman–Crippen MR) is 154 cm³/mol. The van der Waals surface area contributed by atoms with Gasteiger partial charge in [0.2, 0.25) is 11.8 Å². The van der Waals surface area contributed by atoms with Gasteiger partial charge in [0, 0.05) is 41.0 Å². The summed E-state index contributed by atoms with van der Waals surface area (Å²) in [4.78, 5) is 43.3. The lowest BCUT2D eigenvalue weighted by Crippen LogP contribution is -2.50. The van der Waals surface area contributed by atoms with Crippen molar-refractivity contribution >= 4 is 50.1 Å². The molecule has 1 saturated carbocycles. The molecule has 1 heterocycles. The van der Waals surface area contributed by atoms with Gasteiger partial charge in [-0.15, -0.1) is 0 Å². The molecule has 38 heavy (non-hydrogen) atoms. The lowest BCUT2D eigenvalue weighted by molar-refractivity contribution is -0.141. The van der Waals surface area contributed by atoms with Crippen LogP contribution in [-0.2, 0) is 16.1 Å². The number of hydrogen-bond acceptors (Lipinski definition) is 3. The van der Waals surface area contributed by atoms with Crippen LogP contribution in [0.1, 0.15) is 67.8 Å². The van der Waals surface area contributed by atoms with Gasteiger partial charge in [0.15, 0.2) is 0 Å². The fraction of sp³-hybridized carbons (Fsp3) is 0.387. The van der Waals surface area contributed by atoms with E-state index in [1.807, 2.05) is 67.6 Å². The van der Waals surface area contributed by atoms with Gasteiger partial charge in [-0.2, -0.15) is 0 Å². The maximum absolute atomic E-state index is 13.5. The third-order valence-electron chi connectivity index (χ3n) is 7.81. The van der Waals surface area contributed by atoms with Crippen LogP contribution in [-0.4, -0.2) is 41.2 Å². The summed E-state index contributed by atoms with van der Waals surface area (Å²) in [5.41, 5.74) is 2.59. The van der Waals surface area contributed by atoms with Crippen LogP contribution in [0.2, 0.25) is 0 Å². The van der Waals surface area contributed by atoms with Crippen LogP contribution >= 0.6 is 15.9 Å². The van der Waals surface area contributed by atoms with Crippen molar-refractivity contribution < 1.29 is 14.4 Å². The molecule has 1 unspecified atom stereocenters. The van der Waals surface area contributed by atoms with Gasteiger partial charge in [0.25, 0.3) is 5.91 Å². The molecule has 5 rings (SSSR count). The quantitative estimate of drug-likeness (QED) is 0.330. The van der Waals surface area contributed by atoms with E-state index in [4.69, 9.17) is 0 Å². The molecule has 1 fully saturated rings. The van der Waals surface area contributed by atoms with Gasteiger partial charge in [-0.1, -0.05) is 71.6 Å². The maximum Gasteiger partial charge on any atom is 0.258 e. The van der Waals surface area contributed by atoms with Gasteiger partial charge in [0.1, 0.15) is 6.04 Å². The van der Waals surface area contributed by atoms with E-state index in [0.29, 0.717) is 25.1 Å². The third kappa shape index (κ3) is 5.63. The largest absolute Gasteiger partial charge is 0.352 e. The van der Waals surface area contributed by atoms with E-state index >= 15 is 0 Å². The SMILES string of the molecule is CC(C(=O)NC1CCCCC1)N(Cc1ccc(Br)cc1)C(=O)CCCN1C(=O)c2cccc3cccc1c23. The number of carbonyl (C=O) groups is 3. The molecule has 0 spiro atoms. The molecule has 7 heteroatoms. The fourth-order valence-electron chi connectivity index (χ4n) is 5.67. The van der Waals surface area contributed by atoms with E-state index in [1.54, 1.807) is 9.80 Å². The van der Waals surface area contributed by atoms with E-state index in [-0.39, 0.29) is 30.2 Å². The lowest BCUT2D eigenvalue weighted by Gasteiger charge is -2.31. The topological polar surface area (TPSA) is 69.7 Å². The summed E-state index contributed by atoms with van der Waals surface area (Å²) >= 11 is 3.46. The van der Waals surface area contributed by atoms with E-state index in [1.165, 1.54) is 6.42 Å². The Balaban J connectivity index is 1.26. The Labute approximate surface area is 232 Å². The Morgan fingerprint density at radius 1 is 1.03 bits per heavy atom. The molecule has 1 atom stereocenters. The Bertz CT molecular complexity index is 1330. The number of anilines is 1. The molecule has 0 bridgehead atoms. The van der Waals surface area contributed by atoms with Crippen molar-refractivity contribution in [2.24, 2.45) is 0 Å². The first-order chi connectivity index (χ1) is 18.4. The molecule has 0 saturated heterocycles. The molecule has 0 radical (unpaired) electrons. The Morgan fingerprint density at radius 3 is 2.47 bits per heavy atom. The van der Waals surface area contributed by atoms with Gasteiger partial charge in [-0.05, 0) is 61.4 Å². The van der Waals surface area contributed by atoms with E-state index < -0.39 is 6.04 Å². The number of nitrogens with one attached hydrogen (secondary N) is 1. The second kappa shape index (κ2) is 11.7. The summed E-state index contributed by atoms with van der Waals surface area (Å²) in [7, 11) is 0. The predicted octanol–water partition coefficient (Wildman–Crippen LogP) is 6.21. The standard InChI is InChI=1S/C31H34BrN3O3/c1-21(30(37)33-25-10-3-2-4-11-25)35(20-22-15-17-24(32)18-16-22)28(36)14-7-19-34-27-13-6-9-23-8-5-12-26(29(23)27)31(34)38/h5-6,8-9,12-13,15-18,21,25H,2-4,7,10-11,14,19-20H2,1H3,(H,33,37). The Morgan fingerprint density at radius 2 is 1.74 bits per heavy atom. The first kappa shape index (κ1) is 26.4. The summed E-state index contributed by atoms with van der Waals surface area (Å²) in [6.07, 6.45) is 6.25. The van der Waals surface area contributed by atoms with Gasteiger partial charge in [0.05, 0.1) is 5.69 Å². The average Bonchev–Trinajstić information content (AvgIpc) is 3.21. The van der Waals surface area contributed by atoms with Crippen molar-refractivity contribution in [1.29, 1.82) is 0 Å². The molecule has 2 aliphatic rings. The number of benzene rings is 3. The van der Waals surface area contributed by atoms with Gasteiger partial charge in [-0.25, -0.2) is 0 Å². The highest BCUT2D eigenvalue weighted by Crippen LogP contribution is 2.37. The van der Waals surface area contributed by atoms with Crippen LogP contribution in [0.5, 0.6) is 0 Å². The Kier molecular flexibility index (Phi) is 8.12. The second-order valence-electron chi connectivity index (χ2n) is 10.4. The van der Waals surface area contributed by atoms with E-state index in [0.717, 1.165) is 52.2 Å². The molecule has 1 aliphatic heterocycles. The minimum absolute atomic E-state index is 0.0174. The van der Waals surface area contributed by atoms with Crippen LogP contribution in [0.4, 0.5) is 5.69 Å². The summed E-state index contributed by atoms with van der Waals surface area (Å²) in [5.74, 6) is -0.197. The number of amides is 3. The molecule has 1 aliphatic carbocycles. The fourth-order valence-corrected chi connectivity index (χ4v) is 5.94. The lowest BCUT2D eigenvalue weighted by atomic mass is 9.95. The highest BCUT2D eigenvalue weighted by atomic mass is 79.9. The highest BCUT2D eigenvalue weighted by molar-refractivity contribution is 9.10. The summed E-state index contributed by atoms with van der Waals surface area (Å²) in [6, 6.07) is 19.2. The van der Waals surface area contributed by atoms with Crippen LogP contribution in [0.25, 0.3) is 10.8 Å². The molecule has 198 valence electrons. The number of rotatable bonds is 9. The number of hydrogen-bond donors (Lipinski definition) is 1. The normalized spacial score (nSPS) is 16.1. The van der Waals surface area contributed by atoms with Crippen LogP contribution in [0, 0.1) is 0 Å². The minimum Gasteiger partial charge on any atom is -0.352 e. The summed E-state index contributed by atoms with van der Waals surface area (Å²) in [5, 5.41) is 5.21. The van der Waals surface area contributed by atoms with Crippen LogP contribution < -0.4 is 10.2 Å². The van der Waals surface area contributed by atoms with Crippen LogP contribution in [0.3, 0.4) is 0 Å². The maximum atomic E-state index is 13.5. The van der Waals surface area contributed by atoms with Crippen molar-refractivity contribution in [1.82, 2.24) is 10.2 Å². The minimum atomic E-state index is -0.584. The monoisotopic (exact) mass is 575 g/mol. The zero-order chi connectivity index (χ0) is 26.6. The molecule has 6 nitrogen and oxygen atoms in total. The Hall–Kier alpha value is -3.19. The highest BCUT2D eigenvalue weighted by Gasteiger charge is 2.31. The van der Waals surface area contributed by atoms with Gasteiger partial charge >= 0.3 is 0 Å². The average molecular weight is 577 g/mol. The smallest absolute Gasteiger partial charge is 0.258 e. The molecule has 0 aromatic heterocycles. The molecule has 3 amide bonds. The molecule has 3 aromatic carbocycles. The zero-order valence-electron chi connectivity index (χ0n) is 21.8. The molecule has 1 N–H and O–H groups in total. The number of halogens is 1. The number of nitrogens with zero attached hydrogens (tertiary/aromatic N) is 2. The number of carbonyl (C=O) groups excluding carboxylic acids is 3. The van der Waals surface area contributed by atoms with Crippen molar-refractivity contribution in [3.8, 4) is 0 Å². The first-order valence-corrected chi connectivity index (χ1v) is 14.4. The summed E-state index contributed by atoms with van der Waals surface area (Å²) in [6.45, 7) is 2.63. The molecule has 3 aromatic rings. The van der Waals surface area contributed by atoms with E-state index in [2.05, 4.69) is 21.2 Å². The molecular formula is C31H34BrN3O3. The van der Waals surface area contributed by atoms with E-state index in [9.17, 15) is 14.4 Å².